The maximum atomic E-state index is 11.8. The number of benzene rings is 1. The normalized spacial score (nSPS) is 20.3. The fraction of sp³-hybridized carbons (Fsp3) is 0.429. The Labute approximate surface area is 133 Å². The molecule has 1 N–H and O–H groups in total. The van der Waals surface area contributed by atoms with Crippen LogP contribution in [0, 0.1) is 11.8 Å². The molecule has 8 heteroatoms. The van der Waals surface area contributed by atoms with Crippen molar-refractivity contribution in [3.63, 3.8) is 0 Å². The molecule has 0 bridgehead atoms. The van der Waals surface area contributed by atoms with E-state index in [1.165, 1.54) is 18.2 Å². The summed E-state index contributed by atoms with van der Waals surface area (Å²) in [5.41, 5.74) is 0.158. The first kappa shape index (κ1) is 16.8. The van der Waals surface area contributed by atoms with Crippen molar-refractivity contribution in [1.29, 1.82) is 0 Å². The number of esters is 1. The van der Waals surface area contributed by atoms with E-state index in [-0.39, 0.29) is 21.5 Å². The summed E-state index contributed by atoms with van der Waals surface area (Å²) in [7, 11) is -3.41. The van der Waals surface area contributed by atoms with Gasteiger partial charge in [0.25, 0.3) is 5.91 Å². The van der Waals surface area contributed by atoms with Crippen LogP contribution in [0.4, 0.5) is 5.69 Å². The van der Waals surface area contributed by atoms with Gasteiger partial charge in [-0.05, 0) is 30.5 Å². The zero-order valence-corrected chi connectivity index (χ0v) is 13.7. The average molecular weight is 346 g/mol. The van der Waals surface area contributed by atoms with E-state index in [1.54, 1.807) is 0 Å². The predicted octanol–water partition coefficient (Wildman–Crippen LogP) is 1.88. The number of nitrogens with one attached hydrogen (secondary N) is 1. The molecule has 6 nitrogen and oxygen atoms in total. The highest BCUT2D eigenvalue weighted by atomic mass is 35.5. The molecule has 22 heavy (non-hydrogen) atoms. The Morgan fingerprint density at radius 3 is 2.59 bits per heavy atom. The van der Waals surface area contributed by atoms with Gasteiger partial charge in [-0.1, -0.05) is 18.5 Å². The summed E-state index contributed by atoms with van der Waals surface area (Å²) in [6.45, 7) is 1.50. The molecular weight excluding hydrogens is 330 g/mol. The minimum absolute atomic E-state index is 0.0380. The van der Waals surface area contributed by atoms with Gasteiger partial charge >= 0.3 is 5.97 Å². The lowest BCUT2D eigenvalue weighted by molar-refractivity contribution is -0.148. The maximum absolute atomic E-state index is 11.8. The van der Waals surface area contributed by atoms with Crippen LogP contribution in [-0.2, 0) is 24.2 Å². The van der Waals surface area contributed by atoms with Crippen molar-refractivity contribution < 1.29 is 22.7 Å². The van der Waals surface area contributed by atoms with E-state index in [2.05, 4.69) is 5.32 Å². The summed E-state index contributed by atoms with van der Waals surface area (Å²) in [5.74, 6) is -0.783. The average Bonchev–Trinajstić information content (AvgIpc) is 3.14. The van der Waals surface area contributed by atoms with Gasteiger partial charge in [0.2, 0.25) is 0 Å². The smallest absolute Gasteiger partial charge is 0.309 e. The third-order valence-corrected chi connectivity index (χ3v) is 4.84. The van der Waals surface area contributed by atoms with Crippen LogP contribution in [0.5, 0.6) is 0 Å². The number of amides is 1. The zero-order valence-electron chi connectivity index (χ0n) is 12.1. The van der Waals surface area contributed by atoms with Crippen LogP contribution >= 0.6 is 11.6 Å². The highest BCUT2D eigenvalue weighted by molar-refractivity contribution is 7.90. The van der Waals surface area contributed by atoms with E-state index >= 15 is 0 Å². The molecule has 1 amide bonds. The number of hydrogen-bond donors (Lipinski definition) is 1. The third kappa shape index (κ3) is 4.20. The molecule has 0 radical (unpaired) electrons. The Morgan fingerprint density at radius 1 is 1.41 bits per heavy atom. The molecule has 0 aliphatic heterocycles. The first-order valence-corrected chi connectivity index (χ1v) is 8.91. The molecule has 1 aliphatic carbocycles. The summed E-state index contributed by atoms with van der Waals surface area (Å²) >= 11 is 5.92. The number of halogens is 1. The van der Waals surface area contributed by atoms with Gasteiger partial charge in [-0.2, -0.15) is 0 Å². The molecule has 1 fully saturated rings. The van der Waals surface area contributed by atoms with E-state index < -0.39 is 28.3 Å². The topological polar surface area (TPSA) is 89.5 Å². The van der Waals surface area contributed by atoms with Gasteiger partial charge in [0, 0.05) is 6.26 Å². The van der Waals surface area contributed by atoms with Crippen molar-refractivity contribution in [2.45, 2.75) is 18.2 Å². The number of sulfone groups is 1. The van der Waals surface area contributed by atoms with Crippen molar-refractivity contribution in [3.8, 4) is 0 Å². The number of carbonyl (C=O) groups is 2. The van der Waals surface area contributed by atoms with Crippen molar-refractivity contribution in [1.82, 2.24) is 0 Å². The molecule has 1 aromatic carbocycles. The van der Waals surface area contributed by atoms with Crippen LogP contribution in [0.3, 0.4) is 0 Å². The van der Waals surface area contributed by atoms with Gasteiger partial charge in [-0.25, -0.2) is 8.42 Å². The molecule has 1 saturated carbocycles. The summed E-state index contributed by atoms with van der Waals surface area (Å²) in [5, 5.41) is 2.63. The largest absolute Gasteiger partial charge is 0.455 e. The van der Waals surface area contributed by atoms with Gasteiger partial charge in [-0.3, -0.25) is 9.59 Å². The molecule has 0 saturated heterocycles. The Morgan fingerprint density at radius 2 is 2.05 bits per heavy atom. The molecule has 1 aliphatic rings. The van der Waals surface area contributed by atoms with Gasteiger partial charge in [0.15, 0.2) is 16.4 Å². The molecule has 2 rings (SSSR count). The lowest BCUT2D eigenvalue weighted by atomic mass is 10.3. The standard InChI is InChI=1S/C14H16ClNO5S/c1-8-5-10(8)14(18)21-7-13(17)16-12-6-9(22(2,19)20)3-4-11(12)15/h3-4,6,8,10H,5,7H2,1-2H3,(H,16,17)/t8-,10+/m1/s1. The Balaban J connectivity index is 1.97. The van der Waals surface area contributed by atoms with Gasteiger partial charge in [0.1, 0.15) is 0 Å². The first-order chi connectivity index (χ1) is 10.2. The molecule has 0 heterocycles. The second kappa shape index (κ2) is 6.26. The monoisotopic (exact) mass is 345 g/mol. The second-order valence-corrected chi connectivity index (χ2v) is 7.81. The van der Waals surface area contributed by atoms with E-state index in [1.807, 2.05) is 6.92 Å². The van der Waals surface area contributed by atoms with E-state index in [0.29, 0.717) is 5.92 Å². The van der Waals surface area contributed by atoms with E-state index in [0.717, 1.165) is 12.7 Å². The summed E-state index contributed by atoms with van der Waals surface area (Å²) < 4.78 is 27.9. The first-order valence-electron chi connectivity index (χ1n) is 6.64. The Bertz CT molecular complexity index is 716. The van der Waals surface area contributed by atoms with Crippen LogP contribution < -0.4 is 5.32 Å². The van der Waals surface area contributed by atoms with Crippen LogP contribution in [0.2, 0.25) is 5.02 Å². The van der Waals surface area contributed by atoms with Crippen molar-refractivity contribution in [2.24, 2.45) is 11.8 Å². The fourth-order valence-electron chi connectivity index (χ4n) is 1.91. The van der Waals surface area contributed by atoms with E-state index in [9.17, 15) is 18.0 Å². The lowest BCUT2D eigenvalue weighted by Gasteiger charge is -2.09. The fourth-order valence-corrected chi connectivity index (χ4v) is 2.72. The van der Waals surface area contributed by atoms with Crippen LogP contribution in [-0.4, -0.2) is 33.2 Å². The van der Waals surface area contributed by atoms with Gasteiger partial charge in [-0.15, -0.1) is 0 Å². The number of ether oxygens (including phenoxy) is 1. The molecule has 0 unspecified atom stereocenters. The number of carbonyl (C=O) groups excluding carboxylic acids is 2. The van der Waals surface area contributed by atoms with Gasteiger partial charge < -0.3 is 10.1 Å². The highest BCUT2D eigenvalue weighted by Gasteiger charge is 2.40. The minimum Gasteiger partial charge on any atom is -0.455 e. The van der Waals surface area contributed by atoms with Crippen LogP contribution in [0.15, 0.2) is 23.1 Å². The highest BCUT2D eigenvalue weighted by Crippen LogP contribution is 2.38. The van der Waals surface area contributed by atoms with Gasteiger partial charge in [0.05, 0.1) is 21.5 Å². The molecular formula is C14H16ClNO5S. The van der Waals surface area contributed by atoms with Crippen LogP contribution in [0.25, 0.3) is 0 Å². The minimum atomic E-state index is -3.41. The lowest BCUT2D eigenvalue weighted by Crippen LogP contribution is -2.22. The van der Waals surface area contributed by atoms with E-state index in [4.69, 9.17) is 16.3 Å². The number of rotatable bonds is 5. The van der Waals surface area contributed by atoms with Crippen molar-refractivity contribution >= 4 is 39.0 Å². The van der Waals surface area contributed by atoms with Crippen LogP contribution in [0.1, 0.15) is 13.3 Å². The maximum Gasteiger partial charge on any atom is 0.309 e. The molecule has 0 spiro atoms. The third-order valence-electron chi connectivity index (χ3n) is 3.40. The Kier molecular flexibility index (Phi) is 4.77. The van der Waals surface area contributed by atoms with Crippen molar-refractivity contribution in [2.75, 3.05) is 18.2 Å². The molecule has 1 aromatic rings. The zero-order chi connectivity index (χ0) is 16.5. The quantitative estimate of drug-likeness (QED) is 0.823. The predicted molar refractivity (Wildman–Crippen MR) is 81.4 cm³/mol. The summed E-state index contributed by atoms with van der Waals surface area (Å²) in [4.78, 5) is 23.3. The molecule has 2 atom stereocenters. The number of anilines is 1. The number of hydrogen-bond acceptors (Lipinski definition) is 5. The molecule has 0 aromatic heterocycles. The van der Waals surface area contributed by atoms with Crippen molar-refractivity contribution in [3.05, 3.63) is 23.2 Å². The molecule has 120 valence electrons. The second-order valence-electron chi connectivity index (χ2n) is 5.39. The summed E-state index contributed by atoms with van der Waals surface area (Å²) in [6, 6.07) is 3.99. The Hall–Kier alpha value is -1.60. The summed E-state index contributed by atoms with van der Waals surface area (Å²) in [6.07, 6.45) is 1.84. The SMILES string of the molecule is C[C@@H]1C[C@@H]1C(=O)OCC(=O)Nc1cc(S(C)(=O)=O)ccc1Cl.